The van der Waals surface area contributed by atoms with Crippen LogP contribution in [0.2, 0.25) is 0 Å². The lowest BCUT2D eigenvalue weighted by Gasteiger charge is -2.43. The molecule has 6 heteroatoms. The molecule has 2 heterocycles. The Balaban J connectivity index is 1.90. The van der Waals surface area contributed by atoms with Crippen molar-refractivity contribution in [3.63, 3.8) is 0 Å². The van der Waals surface area contributed by atoms with Crippen LogP contribution in [0, 0.1) is 6.92 Å². The van der Waals surface area contributed by atoms with E-state index >= 15 is 0 Å². The molecule has 1 saturated heterocycles. The fourth-order valence-electron chi connectivity index (χ4n) is 4.20. The quantitative estimate of drug-likeness (QED) is 0.851. The number of ether oxygens (including phenoxy) is 2. The lowest BCUT2D eigenvalue weighted by atomic mass is 9.79. The van der Waals surface area contributed by atoms with Gasteiger partial charge in [0.2, 0.25) is 0 Å². The predicted molar refractivity (Wildman–Crippen MR) is 84.4 cm³/mol. The Bertz CT molecular complexity index is 585. The fourth-order valence-corrected chi connectivity index (χ4v) is 4.20. The number of likely N-dealkylation sites (tertiary alicyclic amines) is 1. The summed E-state index contributed by atoms with van der Waals surface area (Å²) < 4.78 is 16.7. The van der Waals surface area contributed by atoms with Crippen LogP contribution in [-0.2, 0) is 15.9 Å². The molecular formula is C17H26N2O4. The summed E-state index contributed by atoms with van der Waals surface area (Å²) in [5.41, 5.74) is 1.13. The van der Waals surface area contributed by atoms with E-state index in [2.05, 4.69) is 5.16 Å². The third kappa shape index (κ3) is 2.58. The average molecular weight is 322 g/mol. The van der Waals surface area contributed by atoms with E-state index in [1.54, 1.807) is 21.1 Å². The second kappa shape index (κ2) is 6.24. The number of rotatable bonds is 4. The van der Waals surface area contributed by atoms with Crippen LogP contribution in [0.4, 0.5) is 0 Å². The van der Waals surface area contributed by atoms with E-state index in [1.807, 2.05) is 11.8 Å². The summed E-state index contributed by atoms with van der Waals surface area (Å²) >= 11 is 0. The van der Waals surface area contributed by atoms with Crippen LogP contribution in [-0.4, -0.2) is 54.5 Å². The molecule has 0 aromatic carbocycles. The van der Waals surface area contributed by atoms with Crippen molar-refractivity contribution in [2.45, 2.75) is 63.7 Å². The average Bonchev–Trinajstić information content (AvgIpc) is 3.14. The highest BCUT2D eigenvalue weighted by molar-refractivity contribution is 5.96. The number of carbonyl (C=O) groups is 1. The Morgan fingerprint density at radius 3 is 2.87 bits per heavy atom. The van der Waals surface area contributed by atoms with Crippen molar-refractivity contribution in [1.29, 1.82) is 0 Å². The zero-order valence-corrected chi connectivity index (χ0v) is 14.4. The van der Waals surface area contributed by atoms with E-state index < -0.39 is 0 Å². The largest absolute Gasteiger partial charge is 0.381 e. The summed E-state index contributed by atoms with van der Waals surface area (Å²) in [7, 11) is 3.50. The number of hydrogen-bond acceptors (Lipinski definition) is 5. The van der Waals surface area contributed by atoms with Gasteiger partial charge in [0.05, 0.1) is 23.4 Å². The summed E-state index contributed by atoms with van der Waals surface area (Å²) in [6.07, 6.45) is 4.48. The molecule has 1 aromatic rings. The summed E-state index contributed by atoms with van der Waals surface area (Å²) in [6.45, 7) is 4.50. The Hall–Kier alpha value is -1.40. The zero-order chi connectivity index (χ0) is 16.6. The van der Waals surface area contributed by atoms with Crippen LogP contribution in [0.15, 0.2) is 4.52 Å². The molecule has 1 amide bonds. The number of aromatic nitrogens is 1. The van der Waals surface area contributed by atoms with Gasteiger partial charge in [0.25, 0.3) is 5.91 Å². The van der Waals surface area contributed by atoms with Gasteiger partial charge in [-0.3, -0.25) is 4.79 Å². The molecule has 2 aliphatic rings. The second-order valence-electron chi connectivity index (χ2n) is 6.58. The molecule has 1 aliphatic carbocycles. The van der Waals surface area contributed by atoms with Gasteiger partial charge in [0.1, 0.15) is 11.3 Å². The van der Waals surface area contributed by atoms with E-state index in [4.69, 9.17) is 14.0 Å². The third-order valence-electron chi connectivity index (χ3n) is 5.62. The Kier molecular flexibility index (Phi) is 4.47. The first-order valence-corrected chi connectivity index (χ1v) is 8.40. The van der Waals surface area contributed by atoms with Gasteiger partial charge in [-0.05, 0) is 39.0 Å². The first-order valence-electron chi connectivity index (χ1n) is 8.40. The molecule has 0 unspecified atom stereocenters. The Morgan fingerprint density at radius 2 is 2.22 bits per heavy atom. The highest BCUT2D eigenvalue weighted by Crippen LogP contribution is 2.43. The first kappa shape index (κ1) is 16.5. The normalized spacial score (nSPS) is 30.5. The Labute approximate surface area is 137 Å². The van der Waals surface area contributed by atoms with Gasteiger partial charge in [0, 0.05) is 20.8 Å². The van der Waals surface area contributed by atoms with Crippen molar-refractivity contribution < 1.29 is 18.8 Å². The minimum Gasteiger partial charge on any atom is -0.381 e. The molecule has 0 spiro atoms. The van der Waals surface area contributed by atoms with Crippen LogP contribution in [0.5, 0.6) is 0 Å². The summed E-state index contributed by atoms with van der Waals surface area (Å²) in [5, 5.41) is 4.02. The van der Waals surface area contributed by atoms with Gasteiger partial charge in [-0.1, -0.05) is 12.1 Å². The maximum atomic E-state index is 13.1. The second-order valence-corrected chi connectivity index (χ2v) is 6.58. The molecule has 3 rings (SSSR count). The number of nitrogens with zero attached hydrogens (tertiary/aromatic N) is 2. The molecule has 0 radical (unpaired) electrons. The zero-order valence-electron chi connectivity index (χ0n) is 14.4. The summed E-state index contributed by atoms with van der Waals surface area (Å²) in [5.74, 6) is 0.613. The third-order valence-corrected chi connectivity index (χ3v) is 5.62. The van der Waals surface area contributed by atoms with Gasteiger partial charge in [-0.2, -0.15) is 0 Å². The number of methoxy groups -OCH3 is 2. The van der Waals surface area contributed by atoms with Gasteiger partial charge in [-0.25, -0.2) is 0 Å². The molecule has 23 heavy (non-hydrogen) atoms. The predicted octanol–water partition coefficient (Wildman–Crippen LogP) is 2.34. The van der Waals surface area contributed by atoms with Crippen molar-refractivity contribution in [1.82, 2.24) is 10.1 Å². The van der Waals surface area contributed by atoms with E-state index in [1.165, 1.54) is 0 Å². The standard InChI is InChI=1S/C17H26N2O4/c1-5-13-15(11(2)23-18-13)16(20)19-9-8-17(22-4)7-6-12(21-3)10-14(17)19/h12,14H,5-10H2,1-4H3/t12-,14-,17+/m0/s1. The SMILES string of the molecule is CCc1noc(C)c1C(=O)N1CC[C@]2(OC)CC[C@H](OC)C[C@H]12. The van der Waals surface area contributed by atoms with E-state index in [-0.39, 0.29) is 23.7 Å². The topological polar surface area (TPSA) is 64.8 Å². The van der Waals surface area contributed by atoms with E-state index in [9.17, 15) is 4.79 Å². The lowest BCUT2D eigenvalue weighted by Crippen LogP contribution is -2.53. The van der Waals surface area contributed by atoms with Crippen LogP contribution in [0.3, 0.4) is 0 Å². The van der Waals surface area contributed by atoms with E-state index in [0.717, 1.165) is 31.4 Å². The minimum absolute atomic E-state index is 0.0151. The van der Waals surface area contributed by atoms with Gasteiger partial charge in [-0.15, -0.1) is 0 Å². The van der Waals surface area contributed by atoms with Gasteiger partial charge >= 0.3 is 0 Å². The molecular weight excluding hydrogens is 296 g/mol. The van der Waals surface area contributed by atoms with Crippen molar-refractivity contribution in [2.24, 2.45) is 0 Å². The molecule has 128 valence electrons. The van der Waals surface area contributed by atoms with Crippen LogP contribution < -0.4 is 0 Å². The minimum atomic E-state index is -0.234. The Morgan fingerprint density at radius 1 is 1.43 bits per heavy atom. The maximum absolute atomic E-state index is 13.1. The fraction of sp³-hybridized carbons (Fsp3) is 0.765. The van der Waals surface area contributed by atoms with Crippen LogP contribution in [0.1, 0.15) is 54.4 Å². The number of hydrogen-bond donors (Lipinski definition) is 0. The summed E-state index contributed by atoms with van der Waals surface area (Å²) in [6, 6.07) is 0.0534. The highest BCUT2D eigenvalue weighted by atomic mass is 16.5. The number of amides is 1. The monoisotopic (exact) mass is 322 g/mol. The van der Waals surface area contributed by atoms with Crippen LogP contribution >= 0.6 is 0 Å². The first-order chi connectivity index (χ1) is 11.1. The molecule has 0 N–H and O–H groups in total. The van der Waals surface area contributed by atoms with Crippen molar-refractivity contribution in [2.75, 3.05) is 20.8 Å². The smallest absolute Gasteiger partial charge is 0.259 e. The molecule has 1 saturated carbocycles. The molecule has 2 fully saturated rings. The van der Waals surface area contributed by atoms with Crippen LogP contribution in [0.25, 0.3) is 0 Å². The summed E-state index contributed by atoms with van der Waals surface area (Å²) in [4.78, 5) is 15.1. The van der Waals surface area contributed by atoms with Crippen molar-refractivity contribution in [3.8, 4) is 0 Å². The molecule has 6 nitrogen and oxygen atoms in total. The van der Waals surface area contributed by atoms with Crippen molar-refractivity contribution in [3.05, 3.63) is 17.0 Å². The molecule has 1 aromatic heterocycles. The molecule has 3 atom stereocenters. The molecule has 1 aliphatic heterocycles. The molecule has 0 bridgehead atoms. The number of fused-ring (bicyclic) bond motifs is 1. The van der Waals surface area contributed by atoms with Crippen molar-refractivity contribution >= 4 is 5.91 Å². The highest BCUT2D eigenvalue weighted by Gasteiger charge is 2.53. The number of carbonyl (C=O) groups excluding carboxylic acids is 1. The van der Waals surface area contributed by atoms with E-state index in [0.29, 0.717) is 24.3 Å². The van der Waals surface area contributed by atoms with Gasteiger partial charge in [0.15, 0.2) is 0 Å². The van der Waals surface area contributed by atoms with Gasteiger partial charge < -0.3 is 18.9 Å². The maximum Gasteiger partial charge on any atom is 0.259 e. The lowest BCUT2D eigenvalue weighted by molar-refractivity contribution is -0.0893. The number of aryl methyl sites for hydroxylation is 2.